The van der Waals surface area contributed by atoms with Gasteiger partial charge in [-0.25, -0.2) is 9.78 Å². The minimum absolute atomic E-state index is 0.213. The van der Waals surface area contributed by atoms with Crippen molar-refractivity contribution in [1.29, 1.82) is 0 Å². The molecule has 0 bridgehead atoms. The monoisotopic (exact) mass is 431 g/mol. The van der Waals surface area contributed by atoms with E-state index in [4.69, 9.17) is 14.2 Å². The Morgan fingerprint density at radius 1 is 1.03 bits per heavy atom. The average molecular weight is 431 g/mol. The lowest BCUT2D eigenvalue weighted by Gasteiger charge is -2.14. The van der Waals surface area contributed by atoms with Gasteiger partial charge in [-0.3, -0.25) is 14.3 Å². The third-order valence-corrected chi connectivity index (χ3v) is 5.43. The molecule has 0 unspecified atom stereocenters. The van der Waals surface area contributed by atoms with Gasteiger partial charge in [0.25, 0.3) is 5.56 Å². The Balaban J connectivity index is 1.66. The maximum Gasteiger partial charge on any atom is 0.330 e. The molecule has 4 aromatic rings. The second-order valence-corrected chi connectivity index (χ2v) is 7.43. The predicted molar refractivity (Wildman–Crippen MR) is 120 cm³/mol. The Bertz CT molecular complexity index is 1420. The molecule has 0 amide bonds. The van der Waals surface area contributed by atoms with Gasteiger partial charge in [-0.2, -0.15) is 0 Å². The van der Waals surface area contributed by atoms with Crippen LogP contribution in [0, 0.1) is 0 Å². The van der Waals surface area contributed by atoms with Crippen molar-refractivity contribution in [3.8, 4) is 28.4 Å². The van der Waals surface area contributed by atoms with Crippen molar-refractivity contribution in [3.05, 3.63) is 81.1 Å². The Hall–Kier alpha value is -4.07. The third kappa shape index (κ3) is 3.49. The summed E-state index contributed by atoms with van der Waals surface area (Å²) < 4.78 is 18.4. The lowest BCUT2D eigenvalue weighted by Crippen LogP contribution is -2.31. The van der Waals surface area contributed by atoms with Crippen LogP contribution in [0.4, 0.5) is 0 Å². The summed E-state index contributed by atoms with van der Waals surface area (Å²) in [6, 6.07) is 14.7. The molecule has 0 fully saturated rings. The quantitative estimate of drug-likeness (QED) is 0.534. The molecule has 2 aromatic carbocycles. The van der Waals surface area contributed by atoms with E-state index in [9.17, 15) is 9.59 Å². The van der Waals surface area contributed by atoms with E-state index >= 15 is 0 Å². The number of aromatic nitrogens is 3. The molecule has 8 nitrogen and oxygen atoms in total. The third-order valence-electron chi connectivity index (χ3n) is 5.43. The zero-order valence-corrected chi connectivity index (χ0v) is 17.5. The SMILES string of the molecule is COc1ccccc1-c1ccnc2c1c(=O)[nH]c(=O)n2Cc1ccc2c(c1)OCCCO2. The number of H-pyrrole nitrogens is 1. The Kier molecular flexibility index (Phi) is 5.10. The summed E-state index contributed by atoms with van der Waals surface area (Å²) in [5.74, 6) is 1.95. The molecule has 0 saturated carbocycles. The van der Waals surface area contributed by atoms with Crippen LogP contribution in [0.1, 0.15) is 12.0 Å². The van der Waals surface area contributed by atoms with Gasteiger partial charge in [-0.05, 0) is 29.8 Å². The van der Waals surface area contributed by atoms with Crippen molar-refractivity contribution in [2.45, 2.75) is 13.0 Å². The number of rotatable bonds is 4. The number of methoxy groups -OCH3 is 1. The van der Waals surface area contributed by atoms with Crippen LogP contribution in [0.2, 0.25) is 0 Å². The molecule has 0 saturated heterocycles. The smallest absolute Gasteiger partial charge is 0.330 e. The van der Waals surface area contributed by atoms with Crippen molar-refractivity contribution >= 4 is 11.0 Å². The van der Waals surface area contributed by atoms with Gasteiger partial charge in [0.1, 0.15) is 11.4 Å². The summed E-state index contributed by atoms with van der Waals surface area (Å²) in [6.45, 7) is 1.39. The number of pyridine rings is 1. The van der Waals surface area contributed by atoms with Crippen molar-refractivity contribution in [2.24, 2.45) is 0 Å². The molecule has 0 radical (unpaired) electrons. The molecule has 5 rings (SSSR count). The predicted octanol–water partition coefficient (Wildman–Crippen LogP) is 2.97. The van der Waals surface area contributed by atoms with Crippen LogP contribution in [0.5, 0.6) is 17.2 Å². The molecule has 0 aliphatic carbocycles. The molecule has 1 N–H and O–H groups in total. The van der Waals surface area contributed by atoms with Crippen molar-refractivity contribution in [1.82, 2.24) is 14.5 Å². The van der Waals surface area contributed by atoms with E-state index < -0.39 is 11.2 Å². The van der Waals surface area contributed by atoms with Gasteiger partial charge in [0.05, 0.1) is 32.3 Å². The van der Waals surface area contributed by atoms with E-state index in [2.05, 4.69) is 9.97 Å². The summed E-state index contributed by atoms with van der Waals surface area (Å²) in [5.41, 5.74) is 1.49. The fraction of sp³-hybridized carbons (Fsp3) is 0.208. The van der Waals surface area contributed by atoms with E-state index in [1.165, 1.54) is 4.57 Å². The summed E-state index contributed by atoms with van der Waals surface area (Å²) in [6.07, 6.45) is 2.40. The molecule has 8 heteroatoms. The summed E-state index contributed by atoms with van der Waals surface area (Å²) in [7, 11) is 1.58. The fourth-order valence-electron chi connectivity index (χ4n) is 3.93. The first-order valence-corrected chi connectivity index (χ1v) is 10.3. The van der Waals surface area contributed by atoms with Gasteiger partial charge in [0, 0.05) is 23.7 Å². The number of nitrogens with one attached hydrogen (secondary N) is 1. The van der Waals surface area contributed by atoms with Gasteiger partial charge >= 0.3 is 5.69 Å². The number of hydrogen-bond donors (Lipinski definition) is 1. The molecule has 1 aliphatic heterocycles. The second-order valence-electron chi connectivity index (χ2n) is 7.43. The molecule has 0 spiro atoms. The molecule has 2 aromatic heterocycles. The average Bonchev–Trinajstić information content (AvgIpc) is 3.06. The summed E-state index contributed by atoms with van der Waals surface area (Å²) in [5, 5.41) is 0.325. The maximum atomic E-state index is 12.8. The van der Waals surface area contributed by atoms with E-state index in [1.807, 2.05) is 42.5 Å². The number of ether oxygens (including phenoxy) is 3. The topological polar surface area (TPSA) is 95.4 Å². The number of para-hydroxylation sites is 1. The van der Waals surface area contributed by atoms with Gasteiger partial charge in [-0.1, -0.05) is 24.3 Å². The second kappa shape index (κ2) is 8.22. The van der Waals surface area contributed by atoms with Crippen LogP contribution in [0.3, 0.4) is 0 Å². The Morgan fingerprint density at radius 2 is 1.84 bits per heavy atom. The summed E-state index contributed by atoms with van der Waals surface area (Å²) in [4.78, 5) is 32.4. The molecule has 162 valence electrons. The lowest BCUT2D eigenvalue weighted by molar-refractivity contribution is 0.297. The minimum Gasteiger partial charge on any atom is -0.496 e. The highest BCUT2D eigenvalue weighted by molar-refractivity contribution is 5.93. The molecular weight excluding hydrogens is 410 g/mol. The summed E-state index contributed by atoms with van der Waals surface area (Å²) >= 11 is 0. The molecule has 0 atom stereocenters. The Morgan fingerprint density at radius 3 is 2.69 bits per heavy atom. The highest BCUT2D eigenvalue weighted by Crippen LogP contribution is 2.33. The van der Waals surface area contributed by atoms with Crippen LogP contribution in [0.15, 0.2) is 64.3 Å². The first kappa shape index (κ1) is 19.9. The highest BCUT2D eigenvalue weighted by Gasteiger charge is 2.17. The standard InChI is InChI=1S/C24H21N3O5/c1-30-18-6-3-2-5-16(18)17-9-10-25-22-21(17)23(28)26-24(29)27(22)14-15-7-8-19-20(13-15)32-12-4-11-31-19/h2-3,5-10,13H,4,11-12,14H2,1H3,(H,26,28,29). The zero-order valence-electron chi connectivity index (χ0n) is 17.5. The van der Waals surface area contributed by atoms with Gasteiger partial charge in [0.2, 0.25) is 0 Å². The van der Waals surface area contributed by atoms with Crippen LogP contribution >= 0.6 is 0 Å². The fourth-order valence-corrected chi connectivity index (χ4v) is 3.93. The van der Waals surface area contributed by atoms with Gasteiger partial charge < -0.3 is 14.2 Å². The first-order valence-electron chi connectivity index (χ1n) is 10.3. The van der Waals surface area contributed by atoms with E-state index in [0.717, 1.165) is 17.5 Å². The normalized spacial score (nSPS) is 13.0. The van der Waals surface area contributed by atoms with Crippen LogP contribution in [-0.4, -0.2) is 34.9 Å². The minimum atomic E-state index is -0.528. The highest BCUT2D eigenvalue weighted by atomic mass is 16.5. The number of aromatic amines is 1. The molecule has 3 heterocycles. The first-order chi connectivity index (χ1) is 15.7. The Labute approximate surface area is 183 Å². The van der Waals surface area contributed by atoms with E-state index in [0.29, 0.717) is 47.1 Å². The van der Waals surface area contributed by atoms with Crippen molar-refractivity contribution < 1.29 is 14.2 Å². The van der Waals surface area contributed by atoms with Crippen molar-refractivity contribution in [3.63, 3.8) is 0 Å². The molecular formula is C24H21N3O5. The lowest BCUT2D eigenvalue weighted by atomic mass is 10.0. The molecule has 1 aliphatic rings. The zero-order chi connectivity index (χ0) is 22.1. The van der Waals surface area contributed by atoms with Gasteiger partial charge in [0.15, 0.2) is 11.5 Å². The van der Waals surface area contributed by atoms with E-state index in [1.54, 1.807) is 19.4 Å². The van der Waals surface area contributed by atoms with Crippen molar-refractivity contribution in [2.75, 3.05) is 20.3 Å². The number of hydrogen-bond acceptors (Lipinski definition) is 6. The molecule has 32 heavy (non-hydrogen) atoms. The number of nitrogens with zero attached hydrogens (tertiary/aromatic N) is 2. The van der Waals surface area contributed by atoms with Crippen LogP contribution < -0.4 is 25.5 Å². The van der Waals surface area contributed by atoms with Crippen LogP contribution in [-0.2, 0) is 6.54 Å². The van der Waals surface area contributed by atoms with E-state index in [-0.39, 0.29) is 6.54 Å². The largest absolute Gasteiger partial charge is 0.496 e. The number of fused-ring (bicyclic) bond motifs is 2. The van der Waals surface area contributed by atoms with Crippen LogP contribution in [0.25, 0.3) is 22.2 Å². The maximum absolute atomic E-state index is 12.8. The number of benzene rings is 2. The van der Waals surface area contributed by atoms with Gasteiger partial charge in [-0.15, -0.1) is 0 Å².